The molecule has 1 fully saturated rings. The van der Waals surface area contributed by atoms with E-state index in [1.54, 1.807) is 39.0 Å². The maximum Gasteiger partial charge on any atom is 0.412 e. The van der Waals surface area contributed by atoms with Gasteiger partial charge in [0.25, 0.3) is 5.91 Å². The van der Waals surface area contributed by atoms with Gasteiger partial charge in [0.1, 0.15) is 5.60 Å². The smallest absolute Gasteiger partial charge is 0.412 e. The molecular weight excluding hydrogens is 324 g/mol. The van der Waals surface area contributed by atoms with Crippen molar-refractivity contribution in [2.75, 3.05) is 5.32 Å². The molecule has 7 nitrogen and oxygen atoms in total. The molecule has 0 bridgehead atoms. The summed E-state index contributed by atoms with van der Waals surface area (Å²) in [6.45, 7) is 6.80. The number of carbonyl (C=O) groups is 3. The second kappa shape index (κ2) is 7.55. The van der Waals surface area contributed by atoms with E-state index in [9.17, 15) is 14.4 Å². The molecule has 0 aromatic heterocycles. The summed E-state index contributed by atoms with van der Waals surface area (Å²) in [5.41, 5.74) is 0.0174. The molecule has 1 aromatic carbocycles. The fourth-order valence-electron chi connectivity index (χ4n) is 1.97. The van der Waals surface area contributed by atoms with Crippen molar-refractivity contribution >= 4 is 23.7 Å². The van der Waals surface area contributed by atoms with Gasteiger partial charge in [0.15, 0.2) is 6.10 Å². The van der Waals surface area contributed by atoms with Gasteiger partial charge in [0.05, 0.1) is 5.56 Å². The Morgan fingerprint density at radius 1 is 1.20 bits per heavy atom. The highest BCUT2D eigenvalue weighted by molar-refractivity contribution is 5.94. The summed E-state index contributed by atoms with van der Waals surface area (Å²) in [7, 11) is 0. The summed E-state index contributed by atoms with van der Waals surface area (Å²) in [6, 6.07) is 6.46. The lowest BCUT2D eigenvalue weighted by atomic mass is 10.2. The Hall–Kier alpha value is -2.57. The average Bonchev–Trinajstić information content (AvgIpc) is 3.29. The third-order valence-corrected chi connectivity index (χ3v) is 3.32. The third-order valence-electron chi connectivity index (χ3n) is 3.32. The first-order chi connectivity index (χ1) is 11.6. The van der Waals surface area contributed by atoms with Crippen LogP contribution in [0.3, 0.4) is 0 Å². The SMILES string of the molecule is C[C@@H](OC(=O)c1cccc(NC(=O)OC(C)(C)C)c1)C(=O)NC1CC1. The van der Waals surface area contributed by atoms with E-state index in [2.05, 4.69) is 10.6 Å². The Bertz CT molecular complexity index is 662. The van der Waals surface area contributed by atoms with Crippen LogP contribution in [0.5, 0.6) is 0 Å². The molecule has 1 aliphatic rings. The summed E-state index contributed by atoms with van der Waals surface area (Å²) in [5, 5.41) is 5.34. The number of esters is 1. The van der Waals surface area contributed by atoms with Gasteiger partial charge in [0.2, 0.25) is 0 Å². The van der Waals surface area contributed by atoms with Crippen molar-refractivity contribution in [3.05, 3.63) is 29.8 Å². The van der Waals surface area contributed by atoms with E-state index < -0.39 is 23.8 Å². The van der Waals surface area contributed by atoms with Crippen molar-refractivity contribution in [3.63, 3.8) is 0 Å². The minimum absolute atomic E-state index is 0.204. The molecule has 2 amide bonds. The predicted octanol–water partition coefficient (Wildman–Crippen LogP) is 2.86. The Balaban J connectivity index is 1.93. The summed E-state index contributed by atoms with van der Waals surface area (Å²) in [4.78, 5) is 35.8. The first-order valence-electron chi connectivity index (χ1n) is 8.25. The van der Waals surface area contributed by atoms with Gasteiger partial charge in [-0.3, -0.25) is 10.1 Å². The zero-order chi connectivity index (χ0) is 18.6. The molecule has 0 spiro atoms. The fraction of sp³-hybridized carbons (Fsp3) is 0.500. The van der Waals surface area contributed by atoms with E-state index in [0.717, 1.165) is 12.8 Å². The molecular formula is C18H24N2O5. The fourth-order valence-corrected chi connectivity index (χ4v) is 1.97. The lowest BCUT2D eigenvalue weighted by Crippen LogP contribution is -2.37. The van der Waals surface area contributed by atoms with Crippen LogP contribution in [0.4, 0.5) is 10.5 Å². The van der Waals surface area contributed by atoms with E-state index in [-0.39, 0.29) is 17.5 Å². The van der Waals surface area contributed by atoms with Crippen LogP contribution < -0.4 is 10.6 Å². The highest BCUT2D eigenvalue weighted by Crippen LogP contribution is 2.19. The van der Waals surface area contributed by atoms with E-state index in [4.69, 9.17) is 9.47 Å². The van der Waals surface area contributed by atoms with Gasteiger partial charge >= 0.3 is 12.1 Å². The van der Waals surface area contributed by atoms with Crippen LogP contribution in [0.2, 0.25) is 0 Å². The Morgan fingerprint density at radius 3 is 2.48 bits per heavy atom. The average molecular weight is 348 g/mol. The van der Waals surface area contributed by atoms with Crippen molar-refractivity contribution in [1.82, 2.24) is 5.32 Å². The van der Waals surface area contributed by atoms with Crippen LogP contribution in [0.25, 0.3) is 0 Å². The summed E-state index contributed by atoms with van der Waals surface area (Å²) in [5.74, 6) is -0.940. The van der Waals surface area contributed by atoms with Crippen LogP contribution in [-0.2, 0) is 14.3 Å². The number of hydrogen-bond acceptors (Lipinski definition) is 5. The molecule has 0 radical (unpaired) electrons. The molecule has 136 valence electrons. The van der Waals surface area contributed by atoms with Gasteiger partial charge in [-0.2, -0.15) is 0 Å². The van der Waals surface area contributed by atoms with Crippen molar-refractivity contribution in [1.29, 1.82) is 0 Å². The van der Waals surface area contributed by atoms with Gasteiger partial charge < -0.3 is 14.8 Å². The maximum absolute atomic E-state index is 12.2. The van der Waals surface area contributed by atoms with Crippen molar-refractivity contribution < 1.29 is 23.9 Å². The van der Waals surface area contributed by atoms with Crippen LogP contribution in [-0.4, -0.2) is 35.7 Å². The molecule has 2 rings (SSSR count). The number of anilines is 1. The molecule has 25 heavy (non-hydrogen) atoms. The van der Waals surface area contributed by atoms with Crippen LogP contribution in [0, 0.1) is 0 Å². The molecule has 1 atom stereocenters. The van der Waals surface area contributed by atoms with Gasteiger partial charge in [0, 0.05) is 11.7 Å². The third kappa shape index (κ3) is 6.45. The molecule has 0 heterocycles. The molecule has 7 heteroatoms. The summed E-state index contributed by atoms with van der Waals surface area (Å²) >= 11 is 0. The quantitative estimate of drug-likeness (QED) is 0.798. The van der Waals surface area contributed by atoms with Gasteiger partial charge in [-0.15, -0.1) is 0 Å². The summed E-state index contributed by atoms with van der Waals surface area (Å²) in [6.07, 6.45) is 0.432. The monoisotopic (exact) mass is 348 g/mol. The molecule has 1 aliphatic carbocycles. The number of amides is 2. The zero-order valence-electron chi connectivity index (χ0n) is 14.9. The van der Waals surface area contributed by atoms with Crippen molar-refractivity contribution in [3.8, 4) is 0 Å². The molecule has 1 aromatic rings. The molecule has 0 aliphatic heterocycles. The number of ether oxygens (including phenoxy) is 2. The maximum atomic E-state index is 12.2. The minimum Gasteiger partial charge on any atom is -0.449 e. The van der Waals surface area contributed by atoms with Crippen LogP contribution >= 0.6 is 0 Å². The second-order valence-electron chi connectivity index (χ2n) is 7.04. The second-order valence-corrected chi connectivity index (χ2v) is 7.04. The van der Waals surface area contributed by atoms with E-state index in [1.165, 1.54) is 13.0 Å². The standard InChI is InChI=1S/C18H24N2O5/c1-11(15(21)19-13-8-9-13)24-16(22)12-6-5-7-14(10-12)20-17(23)25-18(2,3)4/h5-7,10-11,13H,8-9H2,1-4H3,(H,19,21)(H,20,23)/t11-/m1/s1. The summed E-state index contributed by atoms with van der Waals surface area (Å²) < 4.78 is 10.3. The van der Waals surface area contributed by atoms with Crippen LogP contribution in [0.1, 0.15) is 50.9 Å². The Labute approximate surface area is 147 Å². The lowest BCUT2D eigenvalue weighted by Gasteiger charge is -2.19. The minimum atomic E-state index is -0.879. The number of benzene rings is 1. The first-order valence-corrected chi connectivity index (χ1v) is 8.25. The number of nitrogens with one attached hydrogen (secondary N) is 2. The topological polar surface area (TPSA) is 93.7 Å². The number of hydrogen-bond donors (Lipinski definition) is 2. The highest BCUT2D eigenvalue weighted by Gasteiger charge is 2.27. The predicted molar refractivity (Wildman–Crippen MR) is 92.3 cm³/mol. The van der Waals surface area contributed by atoms with Gasteiger partial charge in [-0.1, -0.05) is 6.07 Å². The molecule has 0 unspecified atom stereocenters. The van der Waals surface area contributed by atoms with E-state index in [1.807, 2.05) is 0 Å². The van der Waals surface area contributed by atoms with E-state index >= 15 is 0 Å². The normalized spacial score (nSPS) is 15.0. The van der Waals surface area contributed by atoms with E-state index in [0.29, 0.717) is 5.69 Å². The van der Waals surface area contributed by atoms with Crippen molar-refractivity contribution in [2.45, 2.75) is 58.3 Å². The number of carbonyl (C=O) groups excluding carboxylic acids is 3. The van der Waals surface area contributed by atoms with Gasteiger partial charge in [-0.05, 0) is 58.7 Å². The lowest BCUT2D eigenvalue weighted by molar-refractivity contribution is -0.129. The zero-order valence-corrected chi connectivity index (χ0v) is 14.9. The number of rotatable bonds is 5. The largest absolute Gasteiger partial charge is 0.449 e. The first kappa shape index (κ1) is 18.8. The molecule has 0 saturated heterocycles. The Morgan fingerprint density at radius 2 is 1.88 bits per heavy atom. The molecule has 2 N–H and O–H groups in total. The Kier molecular flexibility index (Phi) is 5.66. The molecule has 1 saturated carbocycles. The van der Waals surface area contributed by atoms with Crippen molar-refractivity contribution in [2.24, 2.45) is 0 Å². The highest BCUT2D eigenvalue weighted by atomic mass is 16.6. The van der Waals surface area contributed by atoms with Gasteiger partial charge in [-0.25, -0.2) is 9.59 Å². The van der Waals surface area contributed by atoms with Crippen LogP contribution in [0.15, 0.2) is 24.3 Å².